The van der Waals surface area contributed by atoms with Crippen molar-refractivity contribution in [1.82, 2.24) is 0 Å². The van der Waals surface area contributed by atoms with Gasteiger partial charge in [-0.1, -0.05) is 137 Å². The van der Waals surface area contributed by atoms with Gasteiger partial charge in [0, 0.05) is 54.6 Å². The molecule has 0 spiro atoms. The van der Waals surface area contributed by atoms with E-state index in [4.69, 9.17) is 4.42 Å². The molecule has 0 unspecified atom stereocenters. The van der Waals surface area contributed by atoms with E-state index in [1.165, 1.54) is 134 Å². The molecule has 9 aromatic rings. The molecule has 0 atom stereocenters. The molecule has 364 valence electrons. The van der Waals surface area contributed by atoms with E-state index < -0.39 is 0 Å². The Morgan fingerprint density at radius 1 is 0.486 bits per heavy atom. The number of furan rings is 1. The fourth-order valence-corrected chi connectivity index (χ4v) is 15.2. The highest BCUT2D eigenvalue weighted by Gasteiger charge is 2.42. The van der Waals surface area contributed by atoms with Crippen LogP contribution in [0.5, 0.6) is 0 Å². The summed E-state index contributed by atoms with van der Waals surface area (Å²) in [6, 6.07) is 42.8. The molecule has 72 heavy (non-hydrogen) atoms. The first-order valence-electron chi connectivity index (χ1n) is 27.0. The average molecular weight is 963 g/mol. The fourth-order valence-electron chi connectivity index (χ4n) is 14.0. The summed E-state index contributed by atoms with van der Waals surface area (Å²) in [7, 11) is 0.781. The molecule has 0 bridgehead atoms. The minimum absolute atomic E-state index is 0.0190. The summed E-state index contributed by atoms with van der Waals surface area (Å²) in [5, 5.41) is 9.20. The van der Waals surface area contributed by atoms with Gasteiger partial charge in [0.1, 0.15) is 11.2 Å². The fraction of sp³-hybridized carbons (Fsp3) is 0.373. The second kappa shape index (κ2) is 15.2. The van der Waals surface area contributed by atoms with E-state index in [9.17, 15) is 0 Å². The van der Waals surface area contributed by atoms with Crippen molar-refractivity contribution in [3.05, 3.63) is 148 Å². The van der Waals surface area contributed by atoms with Crippen LogP contribution in [0, 0.1) is 6.92 Å². The molecule has 3 nitrogen and oxygen atoms in total. The molecule has 0 saturated heterocycles. The highest BCUT2D eigenvalue weighted by molar-refractivity contribution is 7.26. The van der Waals surface area contributed by atoms with Gasteiger partial charge in [0.25, 0.3) is 0 Å². The number of hydrogen-bond acceptors (Lipinski definition) is 4. The van der Waals surface area contributed by atoms with Gasteiger partial charge in [0.15, 0.2) is 7.28 Å². The van der Waals surface area contributed by atoms with Crippen molar-refractivity contribution < 1.29 is 4.42 Å². The molecular formula is C67H71BN2OS. The van der Waals surface area contributed by atoms with Crippen molar-refractivity contribution in [1.29, 1.82) is 0 Å². The topological polar surface area (TPSA) is 28.4 Å². The number of nitrogens with zero attached hydrogens (tertiary/aromatic N) is 1. The van der Waals surface area contributed by atoms with Gasteiger partial charge in [-0.15, -0.1) is 11.3 Å². The van der Waals surface area contributed by atoms with Crippen LogP contribution in [0.3, 0.4) is 0 Å². The molecule has 7 aromatic carbocycles. The Hall–Kier alpha value is -5.78. The smallest absolute Gasteiger partial charge is 0.198 e. The first-order valence-corrected chi connectivity index (χ1v) is 27.8. The SMILES string of the molecule is Cc1cc2c(cc1N1c3cc4c(cc3Bc3c(-c5cc6c(cc5Nc5ccc7c(c5)C(C)(C)CCC7(C)C)C(C)(C)CCC6(C)C)cc5c(sc6ccccc65)c31)oc1ccccc14)C(C)(C)CCC2(C)C. The van der Waals surface area contributed by atoms with Gasteiger partial charge in [-0.25, -0.2) is 0 Å². The van der Waals surface area contributed by atoms with Gasteiger partial charge < -0.3 is 14.6 Å². The van der Waals surface area contributed by atoms with Crippen molar-refractivity contribution in [2.24, 2.45) is 0 Å². The van der Waals surface area contributed by atoms with E-state index in [2.05, 4.69) is 209 Å². The van der Waals surface area contributed by atoms with E-state index in [1.807, 2.05) is 11.3 Å². The lowest BCUT2D eigenvalue weighted by Gasteiger charge is -2.44. The van der Waals surface area contributed by atoms with Gasteiger partial charge in [0.2, 0.25) is 0 Å². The van der Waals surface area contributed by atoms with E-state index in [1.54, 1.807) is 0 Å². The van der Waals surface area contributed by atoms with Crippen LogP contribution >= 0.6 is 11.3 Å². The highest BCUT2D eigenvalue weighted by atomic mass is 32.1. The second-order valence-corrected chi connectivity index (χ2v) is 27.7. The predicted molar refractivity (Wildman–Crippen MR) is 313 cm³/mol. The van der Waals surface area contributed by atoms with Crippen LogP contribution in [-0.4, -0.2) is 7.28 Å². The van der Waals surface area contributed by atoms with Crippen LogP contribution in [0.1, 0.15) is 161 Å². The molecule has 1 aliphatic heterocycles. The minimum atomic E-state index is 0.0190. The summed E-state index contributed by atoms with van der Waals surface area (Å²) in [6.07, 6.45) is 7.04. The molecule has 3 aliphatic carbocycles. The molecule has 13 rings (SSSR count). The lowest BCUT2D eigenvalue weighted by molar-refractivity contribution is 0.332. The summed E-state index contributed by atoms with van der Waals surface area (Å²) in [5.41, 5.74) is 24.0. The first kappa shape index (κ1) is 46.0. The Morgan fingerprint density at radius 2 is 1.06 bits per heavy atom. The molecule has 2 aromatic heterocycles. The van der Waals surface area contributed by atoms with Gasteiger partial charge >= 0.3 is 0 Å². The third-order valence-electron chi connectivity index (χ3n) is 19.0. The van der Waals surface area contributed by atoms with Crippen molar-refractivity contribution >= 4 is 100 Å². The zero-order chi connectivity index (χ0) is 50.2. The zero-order valence-corrected chi connectivity index (χ0v) is 45.9. The standard InChI is InChI=1S/C67H71BN2OS/c1-38-30-47-51(67(12,13)29-26-63(47,4)5)36-54(38)70-55-34-43-40-18-14-16-20-56(40)71-57(43)37-52(55)68-59-44(32-45-41-19-15-17-21-58(41)72-61(45)60(59)70)42-33-49-50(66(10,11)28-27-65(49,8)9)35-53(42)69-39-22-23-46-48(31-39)64(6,7)25-24-62(46,2)3/h14-23,30-37,68-69H,24-29H2,1-13H3. The molecule has 0 fully saturated rings. The Bertz CT molecular complexity index is 3800. The summed E-state index contributed by atoms with van der Waals surface area (Å²) in [5.74, 6) is 0. The summed E-state index contributed by atoms with van der Waals surface area (Å²) in [6.45, 7) is 31.9. The molecule has 1 N–H and O–H groups in total. The lowest BCUT2D eigenvalue weighted by Crippen LogP contribution is -2.41. The number of thiophene rings is 1. The largest absolute Gasteiger partial charge is 0.456 e. The summed E-state index contributed by atoms with van der Waals surface area (Å²) in [4.78, 5) is 2.72. The van der Waals surface area contributed by atoms with Crippen LogP contribution in [0.25, 0.3) is 53.2 Å². The molecule has 0 saturated carbocycles. The van der Waals surface area contributed by atoms with Gasteiger partial charge in [0.05, 0.1) is 10.4 Å². The maximum absolute atomic E-state index is 6.75. The Morgan fingerprint density at radius 3 is 1.74 bits per heavy atom. The molecule has 0 amide bonds. The average Bonchev–Trinajstić information content (AvgIpc) is 3.89. The van der Waals surface area contributed by atoms with Crippen molar-refractivity contribution in [2.75, 3.05) is 10.2 Å². The molecule has 0 radical (unpaired) electrons. The Balaban J connectivity index is 1.14. The number of benzene rings is 7. The Kier molecular flexibility index (Phi) is 9.69. The van der Waals surface area contributed by atoms with Gasteiger partial charge in [-0.2, -0.15) is 0 Å². The quantitative estimate of drug-likeness (QED) is 0.178. The number of fused-ring (bicyclic) bond motifs is 12. The van der Waals surface area contributed by atoms with Crippen LogP contribution in [0.4, 0.5) is 28.4 Å². The number of rotatable bonds is 4. The van der Waals surface area contributed by atoms with Gasteiger partial charge in [-0.3, -0.25) is 0 Å². The van der Waals surface area contributed by atoms with Gasteiger partial charge in [-0.05, 0) is 189 Å². The van der Waals surface area contributed by atoms with Crippen LogP contribution in [0.15, 0.2) is 114 Å². The molecular weight excluding hydrogens is 892 g/mol. The van der Waals surface area contributed by atoms with Crippen molar-refractivity contribution in [3.8, 4) is 11.1 Å². The number of hydrogen-bond donors (Lipinski definition) is 1. The maximum Gasteiger partial charge on any atom is 0.198 e. The maximum atomic E-state index is 6.75. The van der Waals surface area contributed by atoms with Crippen LogP contribution < -0.4 is 21.1 Å². The third-order valence-corrected chi connectivity index (χ3v) is 20.2. The van der Waals surface area contributed by atoms with Crippen molar-refractivity contribution in [3.63, 3.8) is 0 Å². The molecule has 4 aliphatic rings. The van der Waals surface area contributed by atoms with E-state index in [0.29, 0.717) is 0 Å². The number of aryl methyl sites for hydroxylation is 1. The lowest BCUT2D eigenvalue weighted by atomic mass is 9.57. The zero-order valence-electron chi connectivity index (χ0n) is 45.1. The van der Waals surface area contributed by atoms with Crippen molar-refractivity contribution in [2.45, 2.75) is 161 Å². The summed E-state index contributed by atoms with van der Waals surface area (Å²) < 4.78 is 9.43. The van der Waals surface area contributed by atoms with E-state index in [-0.39, 0.29) is 32.5 Å². The molecule has 5 heteroatoms. The first-order chi connectivity index (χ1) is 34.0. The monoisotopic (exact) mass is 963 g/mol. The van der Waals surface area contributed by atoms with E-state index in [0.717, 1.165) is 43.1 Å². The number of anilines is 5. The predicted octanol–water partition coefficient (Wildman–Crippen LogP) is 17.9. The minimum Gasteiger partial charge on any atom is -0.456 e. The highest BCUT2D eigenvalue weighted by Crippen LogP contribution is 2.55. The normalized spacial score (nSPS) is 19.6. The second-order valence-electron chi connectivity index (χ2n) is 26.6. The Labute approximate surface area is 432 Å². The number of nitrogens with one attached hydrogen (secondary N) is 1. The van der Waals surface area contributed by atoms with E-state index >= 15 is 0 Å². The van der Waals surface area contributed by atoms with Crippen LogP contribution in [0.2, 0.25) is 0 Å². The summed E-state index contributed by atoms with van der Waals surface area (Å²) >= 11 is 1.96. The number of para-hydroxylation sites is 1. The third kappa shape index (κ3) is 6.81. The van der Waals surface area contributed by atoms with Crippen LogP contribution in [-0.2, 0) is 32.5 Å². The molecule has 3 heterocycles.